The maximum Gasteiger partial charge on any atom is 0.0622 e. The molecule has 0 saturated carbocycles. The van der Waals surface area contributed by atoms with Crippen molar-refractivity contribution in [3.63, 3.8) is 0 Å². The molecule has 1 aliphatic heterocycles. The highest BCUT2D eigenvalue weighted by atomic mass is 32.1. The largest absolute Gasteiger partial charge is 0.378 e. The Kier molecular flexibility index (Phi) is 4.56. The molecule has 3 nitrogen and oxygen atoms in total. The minimum Gasteiger partial charge on any atom is -0.378 e. The van der Waals surface area contributed by atoms with Crippen molar-refractivity contribution in [1.29, 1.82) is 0 Å². The third-order valence-corrected chi connectivity index (χ3v) is 4.69. The fourth-order valence-electron chi connectivity index (χ4n) is 2.55. The van der Waals surface area contributed by atoms with Crippen LogP contribution in [0.1, 0.15) is 29.8 Å². The molecular formula is C13H22N2OS. The predicted octanol–water partition coefficient (Wildman–Crippen LogP) is 2.17. The molecule has 2 N–H and O–H groups in total. The highest BCUT2D eigenvalue weighted by Gasteiger charge is 2.29. The van der Waals surface area contributed by atoms with Crippen molar-refractivity contribution in [3.05, 3.63) is 21.9 Å². The molecule has 0 aromatic carbocycles. The summed E-state index contributed by atoms with van der Waals surface area (Å²) in [4.78, 5) is 3.95. The number of rotatable bonds is 4. The maximum atomic E-state index is 6.00. The summed E-state index contributed by atoms with van der Waals surface area (Å²) in [6.07, 6.45) is 1.13. The second kappa shape index (κ2) is 5.96. The smallest absolute Gasteiger partial charge is 0.0622 e. The van der Waals surface area contributed by atoms with Gasteiger partial charge in [-0.1, -0.05) is 6.92 Å². The second-order valence-corrected chi connectivity index (χ2v) is 5.54. The molecule has 1 aromatic rings. The number of ether oxygens (including phenoxy) is 1. The van der Waals surface area contributed by atoms with Gasteiger partial charge in [-0.05, 0) is 30.4 Å². The van der Waals surface area contributed by atoms with Crippen molar-refractivity contribution >= 4 is 11.3 Å². The average molecular weight is 254 g/mol. The van der Waals surface area contributed by atoms with Crippen molar-refractivity contribution in [1.82, 2.24) is 4.90 Å². The van der Waals surface area contributed by atoms with E-state index in [4.69, 9.17) is 10.5 Å². The molecule has 1 aromatic heterocycles. The number of nitrogens with two attached hydrogens (primary N) is 1. The molecule has 0 amide bonds. The standard InChI is InChI=1S/C13H22N2OS/c1-3-11-9-16-6-5-15(11)12(8-14)13-10(2)4-7-17-13/h4,7,11-12H,3,5-6,8-9,14H2,1-2H3. The first-order valence-corrected chi connectivity index (χ1v) is 7.23. The van der Waals surface area contributed by atoms with Crippen LogP contribution in [0, 0.1) is 6.92 Å². The van der Waals surface area contributed by atoms with Crippen LogP contribution in [0.25, 0.3) is 0 Å². The lowest BCUT2D eigenvalue weighted by Gasteiger charge is -2.40. The van der Waals surface area contributed by atoms with E-state index in [1.54, 1.807) is 0 Å². The number of hydrogen-bond acceptors (Lipinski definition) is 4. The molecule has 2 heterocycles. The maximum absolute atomic E-state index is 6.00. The van der Waals surface area contributed by atoms with Gasteiger partial charge in [0.1, 0.15) is 0 Å². The summed E-state index contributed by atoms with van der Waals surface area (Å²) in [5, 5.41) is 2.16. The summed E-state index contributed by atoms with van der Waals surface area (Å²) in [7, 11) is 0. The fourth-order valence-corrected chi connectivity index (χ4v) is 3.61. The van der Waals surface area contributed by atoms with Crippen LogP contribution in [0.3, 0.4) is 0 Å². The van der Waals surface area contributed by atoms with Gasteiger partial charge in [0.2, 0.25) is 0 Å². The van der Waals surface area contributed by atoms with Crippen molar-refractivity contribution in [3.8, 4) is 0 Å². The first-order chi connectivity index (χ1) is 8.27. The Morgan fingerprint density at radius 1 is 1.65 bits per heavy atom. The molecular weight excluding hydrogens is 232 g/mol. The van der Waals surface area contributed by atoms with E-state index in [0.29, 0.717) is 18.6 Å². The molecule has 1 saturated heterocycles. The van der Waals surface area contributed by atoms with Gasteiger partial charge in [0.25, 0.3) is 0 Å². The molecule has 0 bridgehead atoms. The third-order valence-electron chi connectivity index (χ3n) is 3.57. The fraction of sp³-hybridized carbons (Fsp3) is 0.692. The van der Waals surface area contributed by atoms with Crippen molar-refractivity contribution < 1.29 is 4.74 Å². The SMILES string of the molecule is CCC1COCCN1C(CN)c1sccc1C. The van der Waals surface area contributed by atoms with Gasteiger partial charge in [-0.25, -0.2) is 0 Å². The van der Waals surface area contributed by atoms with Gasteiger partial charge in [-0.15, -0.1) is 11.3 Å². The normalized spacial score (nSPS) is 23.8. The summed E-state index contributed by atoms with van der Waals surface area (Å²) in [6, 6.07) is 3.06. The summed E-state index contributed by atoms with van der Waals surface area (Å²) < 4.78 is 5.57. The van der Waals surface area contributed by atoms with Crippen LogP contribution in [-0.2, 0) is 4.74 Å². The van der Waals surface area contributed by atoms with Gasteiger partial charge in [0.15, 0.2) is 0 Å². The molecule has 17 heavy (non-hydrogen) atoms. The lowest BCUT2D eigenvalue weighted by atomic mass is 10.1. The number of morpholine rings is 1. The lowest BCUT2D eigenvalue weighted by Crippen LogP contribution is -2.48. The van der Waals surface area contributed by atoms with Crippen molar-refractivity contribution in [2.24, 2.45) is 5.73 Å². The number of hydrogen-bond donors (Lipinski definition) is 1. The Morgan fingerprint density at radius 3 is 3.06 bits per heavy atom. The van der Waals surface area contributed by atoms with E-state index in [-0.39, 0.29) is 0 Å². The van der Waals surface area contributed by atoms with Crippen LogP contribution >= 0.6 is 11.3 Å². The molecule has 0 aliphatic carbocycles. The summed E-state index contributed by atoms with van der Waals surface area (Å²) in [5.74, 6) is 0. The third kappa shape index (κ3) is 2.71. The van der Waals surface area contributed by atoms with Gasteiger partial charge in [0, 0.05) is 24.0 Å². The van der Waals surface area contributed by atoms with Crippen LogP contribution < -0.4 is 5.73 Å². The summed E-state index contributed by atoms with van der Waals surface area (Å²) >= 11 is 1.83. The first-order valence-electron chi connectivity index (χ1n) is 6.35. The van der Waals surface area contributed by atoms with Crippen LogP contribution in [0.15, 0.2) is 11.4 Å². The van der Waals surface area contributed by atoms with Crippen molar-refractivity contribution in [2.75, 3.05) is 26.3 Å². The van der Waals surface area contributed by atoms with E-state index in [0.717, 1.165) is 26.2 Å². The second-order valence-electron chi connectivity index (χ2n) is 4.59. The van der Waals surface area contributed by atoms with E-state index in [1.807, 2.05) is 11.3 Å². The van der Waals surface area contributed by atoms with Crippen LogP contribution in [0.4, 0.5) is 0 Å². The minimum absolute atomic E-state index is 0.365. The van der Waals surface area contributed by atoms with Gasteiger partial charge >= 0.3 is 0 Å². The van der Waals surface area contributed by atoms with Gasteiger partial charge < -0.3 is 10.5 Å². The van der Waals surface area contributed by atoms with E-state index < -0.39 is 0 Å². The van der Waals surface area contributed by atoms with E-state index in [9.17, 15) is 0 Å². The number of aryl methyl sites for hydroxylation is 1. The quantitative estimate of drug-likeness (QED) is 0.895. The van der Waals surface area contributed by atoms with E-state index in [1.165, 1.54) is 10.4 Å². The zero-order valence-electron chi connectivity index (χ0n) is 10.7. The minimum atomic E-state index is 0.365. The molecule has 4 heteroatoms. The van der Waals surface area contributed by atoms with Crippen LogP contribution in [0.5, 0.6) is 0 Å². The highest BCUT2D eigenvalue weighted by Crippen LogP contribution is 2.31. The van der Waals surface area contributed by atoms with Crippen LogP contribution in [-0.4, -0.2) is 37.2 Å². The Balaban J connectivity index is 2.19. The Hall–Kier alpha value is -0.420. The molecule has 0 spiro atoms. The highest BCUT2D eigenvalue weighted by molar-refractivity contribution is 7.10. The Bertz CT molecular complexity index is 353. The predicted molar refractivity (Wildman–Crippen MR) is 72.5 cm³/mol. The molecule has 0 radical (unpaired) electrons. The van der Waals surface area contributed by atoms with Crippen LogP contribution in [0.2, 0.25) is 0 Å². The summed E-state index contributed by atoms with van der Waals surface area (Å²) in [6.45, 7) is 7.77. The molecule has 1 aliphatic rings. The lowest BCUT2D eigenvalue weighted by molar-refractivity contribution is -0.0285. The van der Waals surface area contributed by atoms with Gasteiger partial charge in [-0.2, -0.15) is 0 Å². The van der Waals surface area contributed by atoms with Gasteiger partial charge in [0.05, 0.1) is 19.3 Å². The zero-order valence-corrected chi connectivity index (χ0v) is 11.5. The molecule has 2 rings (SSSR count). The summed E-state index contributed by atoms with van der Waals surface area (Å²) in [5.41, 5.74) is 7.37. The molecule has 2 unspecified atom stereocenters. The Labute approximate surface area is 108 Å². The Morgan fingerprint density at radius 2 is 2.47 bits per heavy atom. The molecule has 96 valence electrons. The average Bonchev–Trinajstić information content (AvgIpc) is 2.78. The van der Waals surface area contributed by atoms with E-state index in [2.05, 4.69) is 30.2 Å². The van der Waals surface area contributed by atoms with Gasteiger partial charge in [-0.3, -0.25) is 4.90 Å². The monoisotopic (exact) mass is 254 g/mol. The topological polar surface area (TPSA) is 38.5 Å². The number of nitrogens with zero attached hydrogens (tertiary/aromatic N) is 1. The first kappa shape index (κ1) is 13.0. The molecule has 2 atom stereocenters. The zero-order chi connectivity index (χ0) is 12.3. The van der Waals surface area contributed by atoms with E-state index >= 15 is 0 Å². The number of thiophene rings is 1. The molecule has 1 fully saturated rings. The van der Waals surface area contributed by atoms with Crippen molar-refractivity contribution in [2.45, 2.75) is 32.4 Å².